The molecule has 2 aliphatic heterocycles. The number of carbonyl (C=O) groups excluding carboxylic acids is 1. The molecule has 4 rings (SSSR count). The zero-order chi connectivity index (χ0) is 15.3. The van der Waals surface area contributed by atoms with E-state index in [1.807, 2.05) is 0 Å². The van der Waals surface area contributed by atoms with Gasteiger partial charge in [-0.2, -0.15) is 0 Å². The first-order valence-electron chi connectivity index (χ1n) is 8.62. The summed E-state index contributed by atoms with van der Waals surface area (Å²) in [6.07, 6.45) is 3.77. The lowest BCUT2D eigenvalue weighted by Gasteiger charge is -2.54. The van der Waals surface area contributed by atoms with Gasteiger partial charge >= 0.3 is 0 Å². The Morgan fingerprint density at radius 3 is 2.95 bits per heavy atom. The highest BCUT2D eigenvalue weighted by molar-refractivity contribution is 5.82. The Morgan fingerprint density at radius 1 is 1.36 bits per heavy atom. The Kier molecular flexibility index (Phi) is 3.30. The standard InChI is InChI=1S/C19H25NO2/c1-13-16-12-14-6-3-4-7-15(14)19(13,2)9-10-20(16)18(21)17-8-5-11-22-17/h3-4,6-7,13,16-17H,5,8-12H2,1-2H3/t13-,16+,17?,19+/m1/s1. The number of fused-ring (bicyclic) bond motifs is 4. The Morgan fingerprint density at radius 2 is 2.18 bits per heavy atom. The van der Waals surface area contributed by atoms with Gasteiger partial charge in [-0.3, -0.25) is 4.79 Å². The summed E-state index contributed by atoms with van der Waals surface area (Å²) >= 11 is 0. The number of hydrogen-bond donors (Lipinski definition) is 0. The molecule has 2 heterocycles. The van der Waals surface area contributed by atoms with Crippen LogP contribution in [0.25, 0.3) is 0 Å². The molecule has 2 fully saturated rings. The van der Waals surface area contributed by atoms with E-state index in [1.165, 1.54) is 11.1 Å². The molecule has 1 aromatic rings. The molecule has 1 amide bonds. The van der Waals surface area contributed by atoms with Gasteiger partial charge in [0.25, 0.3) is 5.91 Å². The van der Waals surface area contributed by atoms with E-state index in [0.29, 0.717) is 12.0 Å². The molecule has 3 nitrogen and oxygen atoms in total. The summed E-state index contributed by atoms with van der Waals surface area (Å²) < 4.78 is 5.64. The molecule has 0 saturated carbocycles. The quantitative estimate of drug-likeness (QED) is 0.798. The fraction of sp³-hybridized carbons (Fsp3) is 0.632. The van der Waals surface area contributed by atoms with Gasteiger partial charge in [0.05, 0.1) is 0 Å². The molecule has 0 aromatic heterocycles. The SMILES string of the molecule is C[C@@H]1[C@@H]2Cc3ccccc3[C@@]1(C)CCN2C(=O)C1CCCO1. The maximum absolute atomic E-state index is 12.9. The number of benzene rings is 1. The average Bonchev–Trinajstić information content (AvgIpc) is 3.05. The molecular formula is C19H25NO2. The van der Waals surface area contributed by atoms with E-state index >= 15 is 0 Å². The van der Waals surface area contributed by atoms with E-state index in [4.69, 9.17) is 4.74 Å². The van der Waals surface area contributed by atoms with E-state index in [2.05, 4.69) is 43.0 Å². The van der Waals surface area contributed by atoms with Gasteiger partial charge in [0.2, 0.25) is 0 Å². The lowest BCUT2D eigenvalue weighted by atomic mass is 9.59. The third-order valence-electron chi connectivity index (χ3n) is 6.40. The Hall–Kier alpha value is -1.35. The molecule has 0 radical (unpaired) electrons. The van der Waals surface area contributed by atoms with Gasteiger partial charge in [0, 0.05) is 19.2 Å². The van der Waals surface area contributed by atoms with Crippen LogP contribution in [-0.2, 0) is 21.4 Å². The monoisotopic (exact) mass is 299 g/mol. The molecule has 0 spiro atoms. The first-order chi connectivity index (χ1) is 10.6. The zero-order valence-electron chi connectivity index (χ0n) is 13.5. The van der Waals surface area contributed by atoms with Crippen molar-refractivity contribution in [3.63, 3.8) is 0 Å². The fourth-order valence-electron chi connectivity index (χ4n) is 4.82. The largest absolute Gasteiger partial charge is 0.368 e. The maximum atomic E-state index is 12.9. The van der Waals surface area contributed by atoms with Crippen molar-refractivity contribution < 1.29 is 9.53 Å². The third-order valence-corrected chi connectivity index (χ3v) is 6.40. The van der Waals surface area contributed by atoms with Gasteiger partial charge in [-0.25, -0.2) is 0 Å². The van der Waals surface area contributed by atoms with Gasteiger partial charge < -0.3 is 9.64 Å². The highest BCUT2D eigenvalue weighted by Crippen LogP contribution is 2.48. The van der Waals surface area contributed by atoms with Crippen molar-refractivity contribution in [3.05, 3.63) is 35.4 Å². The number of carbonyl (C=O) groups is 1. The predicted molar refractivity (Wildman–Crippen MR) is 85.8 cm³/mol. The summed E-state index contributed by atoms with van der Waals surface area (Å²) in [4.78, 5) is 15.0. The summed E-state index contributed by atoms with van der Waals surface area (Å²) in [6.45, 7) is 6.33. The van der Waals surface area contributed by atoms with Crippen molar-refractivity contribution in [3.8, 4) is 0 Å². The van der Waals surface area contributed by atoms with Crippen LogP contribution in [0.4, 0.5) is 0 Å². The number of ether oxygens (including phenoxy) is 1. The summed E-state index contributed by atoms with van der Waals surface area (Å²) in [5, 5.41) is 0. The number of piperidine rings is 1. The molecule has 0 N–H and O–H groups in total. The van der Waals surface area contributed by atoms with Gasteiger partial charge in [-0.15, -0.1) is 0 Å². The molecular weight excluding hydrogens is 274 g/mol. The second kappa shape index (κ2) is 5.09. The van der Waals surface area contributed by atoms with Gasteiger partial charge in [-0.05, 0) is 48.1 Å². The Bertz CT molecular complexity index is 593. The van der Waals surface area contributed by atoms with E-state index < -0.39 is 0 Å². The number of rotatable bonds is 1. The summed E-state index contributed by atoms with van der Waals surface area (Å²) in [5.74, 6) is 0.734. The molecule has 22 heavy (non-hydrogen) atoms. The number of likely N-dealkylation sites (tertiary alicyclic amines) is 1. The van der Waals surface area contributed by atoms with E-state index in [-0.39, 0.29) is 17.4 Å². The molecule has 1 unspecified atom stereocenters. The minimum Gasteiger partial charge on any atom is -0.368 e. The normalized spacial score (nSPS) is 37.0. The molecule has 1 aromatic carbocycles. The topological polar surface area (TPSA) is 29.5 Å². The van der Waals surface area contributed by atoms with Crippen molar-refractivity contribution in [1.29, 1.82) is 0 Å². The van der Waals surface area contributed by atoms with Gasteiger partial charge in [0.15, 0.2) is 0 Å². The van der Waals surface area contributed by atoms with Crippen LogP contribution in [0.15, 0.2) is 24.3 Å². The highest BCUT2D eigenvalue weighted by atomic mass is 16.5. The van der Waals surface area contributed by atoms with Crippen LogP contribution >= 0.6 is 0 Å². The minimum absolute atomic E-state index is 0.186. The van der Waals surface area contributed by atoms with Crippen LogP contribution < -0.4 is 0 Å². The minimum atomic E-state index is -0.186. The van der Waals surface area contributed by atoms with E-state index in [9.17, 15) is 4.79 Å². The van der Waals surface area contributed by atoms with Crippen molar-refractivity contribution >= 4 is 5.91 Å². The second-order valence-electron chi connectivity index (χ2n) is 7.42. The molecule has 4 atom stereocenters. The average molecular weight is 299 g/mol. The van der Waals surface area contributed by atoms with Crippen LogP contribution in [-0.4, -0.2) is 36.1 Å². The van der Waals surface area contributed by atoms with Crippen molar-refractivity contribution in [1.82, 2.24) is 4.90 Å². The molecule has 3 aliphatic rings. The first-order valence-corrected chi connectivity index (χ1v) is 8.62. The van der Waals surface area contributed by atoms with Crippen LogP contribution in [0.3, 0.4) is 0 Å². The number of amides is 1. The lowest BCUT2D eigenvalue weighted by molar-refractivity contribution is -0.148. The molecule has 2 bridgehead atoms. The zero-order valence-corrected chi connectivity index (χ0v) is 13.5. The lowest BCUT2D eigenvalue weighted by Crippen LogP contribution is -2.61. The molecule has 1 aliphatic carbocycles. The molecule has 2 saturated heterocycles. The Labute approximate surface area is 132 Å². The van der Waals surface area contributed by atoms with Crippen LogP contribution in [0.2, 0.25) is 0 Å². The van der Waals surface area contributed by atoms with Crippen LogP contribution in [0.1, 0.15) is 44.2 Å². The Balaban J connectivity index is 1.67. The van der Waals surface area contributed by atoms with E-state index in [0.717, 1.165) is 38.8 Å². The smallest absolute Gasteiger partial charge is 0.251 e. The van der Waals surface area contributed by atoms with Crippen LogP contribution in [0, 0.1) is 5.92 Å². The van der Waals surface area contributed by atoms with Crippen molar-refractivity contribution in [2.24, 2.45) is 5.92 Å². The molecule has 3 heteroatoms. The van der Waals surface area contributed by atoms with E-state index in [1.54, 1.807) is 0 Å². The van der Waals surface area contributed by atoms with Gasteiger partial charge in [-0.1, -0.05) is 38.1 Å². The molecule has 118 valence electrons. The van der Waals surface area contributed by atoms with Crippen molar-refractivity contribution in [2.45, 2.75) is 57.1 Å². The summed E-state index contributed by atoms with van der Waals surface area (Å²) in [6, 6.07) is 9.14. The number of nitrogens with zero attached hydrogens (tertiary/aromatic N) is 1. The number of hydrogen-bond acceptors (Lipinski definition) is 2. The van der Waals surface area contributed by atoms with Crippen molar-refractivity contribution in [2.75, 3.05) is 13.2 Å². The van der Waals surface area contributed by atoms with Gasteiger partial charge in [0.1, 0.15) is 6.10 Å². The summed E-state index contributed by atoms with van der Waals surface area (Å²) in [7, 11) is 0. The predicted octanol–water partition coefficient (Wildman–Crippen LogP) is 2.92. The fourth-order valence-corrected chi connectivity index (χ4v) is 4.82. The van der Waals surface area contributed by atoms with Crippen LogP contribution in [0.5, 0.6) is 0 Å². The second-order valence-corrected chi connectivity index (χ2v) is 7.42. The maximum Gasteiger partial charge on any atom is 0.251 e. The third kappa shape index (κ3) is 1.95. The highest BCUT2D eigenvalue weighted by Gasteiger charge is 2.50. The first kappa shape index (κ1) is 14.3. The summed E-state index contributed by atoms with van der Waals surface area (Å²) in [5.41, 5.74) is 3.13.